The molecule has 0 saturated heterocycles. The number of non-ortho nitro benzene ring substituents is 1. The van der Waals surface area contributed by atoms with Crippen LogP contribution in [0.1, 0.15) is 28.4 Å². The Labute approximate surface area is 163 Å². The third-order valence-electron chi connectivity index (χ3n) is 4.32. The molecule has 0 aliphatic heterocycles. The van der Waals surface area contributed by atoms with E-state index in [0.717, 1.165) is 17.7 Å². The third-order valence-corrected chi connectivity index (χ3v) is 4.32. The highest BCUT2D eigenvalue weighted by Gasteiger charge is 2.37. The quantitative estimate of drug-likeness (QED) is 0.494. The van der Waals surface area contributed by atoms with E-state index in [1.807, 2.05) is 12.1 Å². The van der Waals surface area contributed by atoms with Crippen LogP contribution in [-0.2, 0) is 12.7 Å². The van der Waals surface area contributed by atoms with E-state index in [9.17, 15) is 28.4 Å². The molecule has 1 heterocycles. The number of rotatable bonds is 6. The van der Waals surface area contributed by atoms with E-state index in [0.29, 0.717) is 18.4 Å². The fourth-order valence-electron chi connectivity index (χ4n) is 2.85. The van der Waals surface area contributed by atoms with Crippen molar-refractivity contribution in [2.45, 2.75) is 18.8 Å². The van der Waals surface area contributed by atoms with E-state index in [-0.39, 0.29) is 5.56 Å². The van der Waals surface area contributed by atoms with Crippen LogP contribution in [0.25, 0.3) is 0 Å². The molecule has 0 aliphatic carbocycles. The van der Waals surface area contributed by atoms with E-state index in [2.05, 4.69) is 5.10 Å². The predicted octanol–water partition coefficient (Wildman–Crippen LogP) is 3.95. The summed E-state index contributed by atoms with van der Waals surface area (Å²) in [7, 11) is 1.55. The largest absolute Gasteiger partial charge is 0.497 e. The number of hydrogen-bond acceptors (Lipinski definition) is 5. The van der Waals surface area contributed by atoms with Gasteiger partial charge in [0.2, 0.25) is 0 Å². The Balaban J connectivity index is 1.87. The van der Waals surface area contributed by atoms with Gasteiger partial charge in [-0.2, -0.15) is 18.3 Å². The highest BCUT2D eigenvalue weighted by Crippen LogP contribution is 2.38. The lowest BCUT2D eigenvalue weighted by molar-refractivity contribution is -0.385. The summed E-state index contributed by atoms with van der Waals surface area (Å²) in [5.74, 6) is 0.683. The molecule has 3 aromatic rings. The first kappa shape index (κ1) is 20.3. The van der Waals surface area contributed by atoms with Gasteiger partial charge in [0, 0.05) is 23.9 Å². The number of aromatic nitrogens is 2. The average molecular weight is 407 g/mol. The Hall–Kier alpha value is -3.40. The molecule has 0 amide bonds. The minimum Gasteiger partial charge on any atom is -0.497 e. The molecule has 0 saturated carbocycles. The monoisotopic (exact) mass is 407 g/mol. The second-order valence-corrected chi connectivity index (χ2v) is 6.25. The zero-order chi connectivity index (χ0) is 21.2. The van der Waals surface area contributed by atoms with Gasteiger partial charge in [0.05, 0.1) is 30.3 Å². The number of alkyl halides is 3. The smallest absolute Gasteiger partial charge is 0.417 e. The van der Waals surface area contributed by atoms with Gasteiger partial charge in [-0.1, -0.05) is 12.1 Å². The van der Waals surface area contributed by atoms with Crippen molar-refractivity contribution < 1.29 is 27.9 Å². The summed E-state index contributed by atoms with van der Waals surface area (Å²) in [4.78, 5) is 9.88. The van der Waals surface area contributed by atoms with E-state index in [1.165, 1.54) is 17.1 Å². The molecule has 29 heavy (non-hydrogen) atoms. The highest BCUT2D eigenvalue weighted by molar-refractivity contribution is 5.44. The molecule has 0 bridgehead atoms. The second kappa shape index (κ2) is 7.92. The number of hydrogen-bond donors (Lipinski definition) is 1. The van der Waals surface area contributed by atoms with Gasteiger partial charge in [0.15, 0.2) is 0 Å². The highest BCUT2D eigenvalue weighted by atomic mass is 19.4. The van der Waals surface area contributed by atoms with Gasteiger partial charge < -0.3 is 9.84 Å². The maximum Gasteiger partial charge on any atom is 0.417 e. The summed E-state index contributed by atoms with van der Waals surface area (Å²) in [6.45, 7) is 0.336. The number of ether oxygens (including phenoxy) is 1. The van der Waals surface area contributed by atoms with Crippen LogP contribution in [0.2, 0.25) is 0 Å². The fourth-order valence-corrected chi connectivity index (χ4v) is 2.85. The number of benzene rings is 2. The molecule has 1 unspecified atom stereocenters. The van der Waals surface area contributed by atoms with Gasteiger partial charge in [-0.05, 0) is 29.3 Å². The van der Waals surface area contributed by atoms with Crippen LogP contribution >= 0.6 is 0 Å². The van der Waals surface area contributed by atoms with Crippen LogP contribution in [0.5, 0.6) is 5.75 Å². The number of aliphatic hydroxyl groups is 1. The molecule has 0 radical (unpaired) electrons. The first-order valence-corrected chi connectivity index (χ1v) is 8.38. The Bertz CT molecular complexity index is 1020. The van der Waals surface area contributed by atoms with Gasteiger partial charge in [-0.15, -0.1) is 0 Å². The lowest BCUT2D eigenvalue weighted by Gasteiger charge is -2.16. The Morgan fingerprint density at radius 3 is 2.52 bits per heavy atom. The van der Waals surface area contributed by atoms with Crippen molar-refractivity contribution in [3.8, 4) is 5.75 Å². The Morgan fingerprint density at radius 1 is 1.24 bits per heavy atom. The van der Waals surface area contributed by atoms with Crippen molar-refractivity contribution >= 4 is 5.69 Å². The maximum atomic E-state index is 13.4. The van der Waals surface area contributed by atoms with Crippen molar-refractivity contribution in [3.63, 3.8) is 0 Å². The summed E-state index contributed by atoms with van der Waals surface area (Å²) in [5.41, 5.74) is -1.43. The van der Waals surface area contributed by atoms with Crippen LogP contribution in [0.15, 0.2) is 54.9 Å². The Morgan fingerprint density at radius 2 is 1.93 bits per heavy atom. The molecule has 0 aliphatic rings. The van der Waals surface area contributed by atoms with Crippen molar-refractivity contribution in [2.24, 2.45) is 0 Å². The van der Waals surface area contributed by atoms with Gasteiger partial charge in [-0.3, -0.25) is 14.8 Å². The first-order valence-electron chi connectivity index (χ1n) is 8.38. The number of aliphatic hydroxyl groups excluding tert-OH is 1. The van der Waals surface area contributed by atoms with Crippen LogP contribution in [0.4, 0.5) is 18.9 Å². The SMILES string of the molecule is COc1ccc(Cn2cc(C(O)c3ccc([N+](=O)[O-])cc3C(F)(F)F)cn2)cc1. The molecule has 10 heteroatoms. The van der Waals surface area contributed by atoms with Crippen molar-refractivity contribution in [2.75, 3.05) is 7.11 Å². The molecular formula is C19H16F3N3O4. The molecule has 1 atom stereocenters. The summed E-state index contributed by atoms with van der Waals surface area (Å²) in [6, 6.07) is 9.41. The summed E-state index contributed by atoms with van der Waals surface area (Å²) in [5, 5.41) is 25.4. The molecule has 1 N–H and O–H groups in total. The topological polar surface area (TPSA) is 90.4 Å². The molecule has 0 spiro atoms. The first-order chi connectivity index (χ1) is 13.7. The average Bonchev–Trinajstić information content (AvgIpc) is 3.15. The second-order valence-electron chi connectivity index (χ2n) is 6.25. The molecule has 2 aromatic carbocycles. The molecule has 1 aromatic heterocycles. The zero-order valence-electron chi connectivity index (χ0n) is 15.1. The number of nitro benzene ring substituents is 1. The Kier molecular flexibility index (Phi) is 5.55. The molecule has 0 fully saturated rings. The summed E-state index contributed by atoms with van der Waals surface area (Å²) in [6.07, 6.45) is -3.81. The van der Waals surface area contributed by atoms with Crippen molar-refractivity contribution in [1.82, 2.24) is 9.78 Å². The number of methoxy groups -OCH3 is 1. The molecular weight excluding hydrogens is 391 g/mol. The maximum absolute atomic E-state index is 13.4. The van der Waals surface area contributed by atoms with E-state index >= 15 is 0 Å². The van der Waals surface area contributed by atoms with E-state index in [1.54, 1.807) is 19.2 Å². The minimum absolute atomic E-state index is 0.137. The number of halogens is 3. The number of nitrogens with zero attached hydrogens (tertiary/aromatic N) is 3. The van der Waals surface area contributed by atoms with Gasteiger partial charge in [0.1, 0.15) is 11.9 Å². The molecule has 3 rings (SSSR count). The van der Waals surface area contributed by atoms with Crippen molar-refractivity contribution in [1.29, 1.82) is 0 Å². The van der Waals surface area contributed by atoms with E-state index < -0.39 is 34.0 Å². The normalized spacial score (nSPS) is 12.6. The summed E-state index contributed by atoms with van der Waals surface area (Å²) >= 11 is 0. The van der Waals surface area contributed by atoms with Crippen molar-refractivity contribution in [3.05, 3.63) is 87.2 Å². The zero-order valence-corrected chi connectivity index (χ0v) is 15.1. The van der Waals surface area contributed by atoms with E-state index in [4.69, 9.17) is 4.74 Å². The lowest BCUT2D eigenvalue weighted by Crippen LogP contribution is -2.13. The van der Waals surface area contributed by atoms with Crippen LogP contribution in [0.3, 0.4) is 0 Å². The van der Waals surface area contributed by atoms with Gasteiger partial charge in [-0.25, -0.2) is 0 Å². The van der Waals surface area contributed by atoms with Gasteiger partial charge in [0.25, 0.3) is 5.69 Å². The van der Waals surface area contributed by atoms with Gasteiger partial charge >= 0.3 is 6.18 Å². The van der Waals surface area contributed by atoms with Crippen LogP contribution in [-0.4, -0.2) is 26.9 Å². The predicted molar refractivity (Wildman–Crippen MR) is 96.5 cm³/mol. The summed E-state index contributed by atoms with van der Waals surface area (Å²) < 4.78 is 46.6. The molecule has 152 valence electrons. The van der Waals surface area contributed by atoms with Crippen LogP contribution < -0.4 is 4.74 Å². The van der Waals surface area contributed by atoms with Crippen LogP contribution in [0, 0.1) is 10.1 Å². The fraction of sp³-hybridized carbons (Fsp3) is 0.211. The standard InChI is InChI=1S/C19H16F3N3O4/c1-29-15-5-2-12(3-6-15)10-24-11-13(9-23-24)18(26)16-7-4-14(25(27)28)8-17(16)19(20,21)22/h2-9,11,18,26H,10H2,1H3. The third kappa shape index (κ3) is 4.54. The lowest BCUT2D eigenvalue weighted by atomic mass is 9.97. The molecule has 7 nitrogen and oxygen atoms in total. The number of nitro groups is 1. The minimum atomic E-state index is -4.86.